The normalized spacial score (nSPS) is 8.96. The monoisotopic (exact) mass is 675 g/mol. The van der Waals surface area contributed by atoms with Crippen molar-refractivity contribution in [3.05, 3.63) is 87.6 Å². The summed E-state index contributed by atoms with van der Waals surface area (Å²) in [5.41, 5.74) is 1.38. The molecule has 0 heterocycles. The molecule has 0 fully saturated rings. The first kappa shape index (κ1) is 60.9. The lowest BCUT2D eigenvalue weighted by molar-refractivity contribution is -0.137. The van der Waals surface area contributed by atoms with Gasteiger partial charge in [-0.25, -0.2) is 0 Å². The fraction of sp³-hybridized carbons (Fsp3) is 0.674. The van der Waals surface area contributed by atoms with Gasteiger partial charge in [0.15, 0.2) is 0 Å². The van der Waals surface area contributed by atoms with Crippen LogP contribution < -0.4 is 0 Å². The van der Waals surface area contributed by atoms with Crippen LogP contribution in [0, 0.1) is 5.92 Å². The number of aliphatic carboxylic acids is 1. The Kier molecular flexibility index (Phi) is 89.9. The maximum Gasteiger partial charge on any atom is 0.303 e. The number of allylic oxidation sites excluding steroid dienone is 8. The van der Waals surface area contributed by atoms with Gasteiger partial charge in [-0.15, -0.1) is 39.5 Å². The van der Waals surface area contributed by atoms with Crippen molar-refractivity contribution in [1.82, 2.24) is 0 Å². The van der Waals surface area contributed by atoms with E-state index in [1.165, 1.54) is 108 Å². The second kappa shape index (κ2) is 70.9. The first-order chi connectivity index (χ1) is 23.1. The van der Waals surface area contributed by atoms with Gasteiger partial charge in [0.1, 0.15) is 0 Å². The van der Waals surface area contributed by atoms with E-state index in [2.05, 4.69) is 106 Å². The van der Waals surface area contributed by atoms with Crippen LogP contribution in [-0.4, -0.2) is 11.1 Å². The largest absolute Gasteiger partial charge is 0.481 e. The zero-order valence-electron chi connectivity index (χ0n) is 34.6. The van der Waals surface area contributed by atoms with Crippen molar-refractivity contribution in [3.63, 3.8) is 0 Å². The minimum atomic E-state index is -0.656. The summed E-state index contributed by atoms with van der Waals surface area (Å²) >= 11 is 0. The fourth-order valence-corrected chi connectivity index (χ4v) is 3.26. The number of hydrogen-bond acceptors (Lipinski definition) is 1. The Morgan fingerprint density at radius 3 is 1.12 bits per heavy atom. The first-order valence-corrected chi connectivity index (χ1v) is 19.4. The zero-order valence-corrected chi connectivity index (χ0v) is 34.6. The molecule has 0 bridgehead atoms. The molecule has 0 unspecified atom stereocenters. The third-order valence-electron chi connectivity index (χ3n) is 6.48. The Morgan fingerprint density at radius 1 is 0.604 bits per heavy atom. The van der Waals surface area contributed by atoms with Crippen LogP contribution in [0.2, 0.25) is 0 Å². The first-order valence-electron chi connectivity index (χ1n) is 19.4. The van der Waals surface area contributed by atoms with Crippen molar-refractivity contribution in [2.24, 2.45) is 5.92 Å². The Morgan fingerprint density at radius 2 is 0.917 bits per heavy atom. The van der Waals surface area contributed by atoms with Crippen LogP contribution in [0.5, 0.6) is 0 Å². The molecule has 0 rings (SSSR count). The van der Waals surface area contributed by atoms with Gasteiger partial charge in [-0.05, 0) is 78.6 Å². The molecular formula is C46H90O2. The van der Waals surface area contributed by atoms with Crippen molar-refractivity contribution in [2.45, 2.75) is 197 Å². The highest BCUT2D eigenvalue weighted by molar-refractivity contribution is 5.66. The maximum absolute atomic E-state index is 10.4. The quantitative estimate of drug-likeness (QED) is 0.0865. The molecule has 0 amide bonds. The van der Waals surface area contributed by atoms with Gasteiger partial charge in [0.2, 0.25) is 0 Å². The van der Waals surface area contributed by atoms with Crippen molar-refractivity contribution >= 4 is 5.97 Å². The summed E-state index contributed by atoms with van der Waals surface area (Å²) in [5, 5.41) is 8.55. The number of carboxylic acid groups (broad SMARTS) is 1. The molecule has 48 heavy (non-hydrogen) atoms. The number of carboxylic acids is 1. The summed E-state index contributed by atoms with van der Waals surface area (Å²) in [6.07, 6.45) is 40.1. The van der Waals surface area contributed by atoms with Crippen molar-refractivity contribution in [1.29, 1.82) is 0 Å². The predicted molar refractivity (Wildman–Crippen MR) is 228 cm³/mol. The summed E-state index contributed by atoms with van der Waals surface area (Å²) < 4.78 is 0. The number of unbranched alkanes of at least 4 members (excludes halogenated alkanes) is 16. The van der Waals surface area contributed by atoms with Gasteiger partial charge >= 0.3 is 5.97 Å². The van der Waals surface area contributed by atoms with Gasteiger partial charge in [-0.1, -0.05) is 166 Å². The van der Waals surface area contributed by atoms with Crippen molar-refractivity contribution in [3.8, 4) is 0 Å². The van der Waals surface area contributed by atoms with E-state index in [1.54, 1.807) is 6.08 Å². The third kappa shape index (κ3) is 121. The van der Waals surface area contributed by atoms with E-state index >= 15 is 0 Å². The molecule has 0 aromatic heterocycles. The van der Waals surface area contributed by atoms with Crippen LogP contribution in [0.15, 0.2) is 87.6 Å². The molecule has 0 aliphatic rings. The molecule has 2 heteroatoms. The van der Waals surface area contributed by atoms with Gasteiger partial charge in [-0.2, -0.15) is 0 Å². The van der Waals surface area contributed by atoms with Crippen LogP contribution in [0.25, 0.3) is 0 Å². The molecule has 286 valence electrons. The minimum absolute atomic E-state index is 0.340. The molecular weight excluding hydrogens is 585 g/mol. The summed E-state index contributed by atoms with van der Waals surface area (Å²) in [6.45, 7) is 38.7. The smallest absolute Gasteiger partial charge is 0.303 e. The molecule has 2 nitrogen and oxygen atoms in total. The molecule has 0 radical (unpaired) electrons. The maximum atomic E-state index is 10.4. The number of rotatable bonds is 23. The number of carbonyl (C=O) groups is 1. The van der Waals surface area contributed by atoms with Crippen LogP contribution in [0.3, 0.4) is 0 Å². The summed E-state index contributed by atoms with van der Waals surface area (Å²) in [6, 6.07) is 0. The molecule has 0 aromatic carbocycles. The topological polar surface area (TPSA) is 37.3 Å². The van der Waals surface area contributed by atoms with Crippen molar-refractivity contribution < 1.29 is 9.90 Å². The van der Waals surface area contributed by atoms with Crippen LogP contribution in [0.4, 0.5) is 0 Å². The predicted octanol–water partition coefficient (Wildman–Crippen LogP) is 17.0. The second-order valence-electron chi connectivity index (χ2n) is 12.2. The molecule has 0 saturated carbocycles. The average Bonchev–Trinajstić information content (AvgIpc) is 3.08. The molecule has 0 spiro atoms. The molecule has 0 atom stereocenters. The van der Waals surface area contributed by atoms with Gasteiger partial charge < -0.3 is 5.11 Å². The Hall–Kier alpha value is -2.35. The van der Waals surface area contributed by atoms with Crippen LogP contribution >= 0.6 is 0 Å². The van der Waals surface area contributed by atoms with E-state index in [1.807, 2.05) is 32.1 Å². The molecule has 0 saturated heterocycles. The Bertz CT molecular complexity index is 634. The summed E-state index contributed by atoms with van der Waals surface area (Å²) in [5.74, 6) is -0.00831. The van der Waals surface area contributed by atoms with Gasteiger partial charge in [-0.3, -0.25) is 4.79 Å². The van der Waals surface area contributed by atoms with E-state index in [0.717, 1.165) is 25.7 Å². The number of hydrogen-bond donors (Lipinski definition) is 1. The van der Waals surface area contributed by atoms with E-state index in [-0.39, 0.29) is 0 Å². The molecule has 1 N–H and O–H groups in total. The van der Waals surface area contributed by atoms with E-state index < -0.39 is 5.97 Å². The van der Waals surface area contributed by atoms with Crippen LogP contribution in [-0.2, 0) is 4.79 Å². The average molecular weight is 675 g/mol. The highest BCUT2D eigenvalue weighted by Gasteiger charge is 1.96. The summed E-state index contributed by atoms with van der Waals surface area (Å²) in [4.78, 5) is 10.4. The summed E-state index contributed by atoms with van der Waals surface area (Å²) in [7, 11) is 0. The van der Waals surface area contributed by atoms with Gasteiger partial charge in [0.05, 0.1) is 0 Å². The standard InChI is InChI=1S/C22H42O2.3C5H10.C4H8.C3H6.C2H4/c1-2-3-4-5-6-7-8-9-10-11-12-13-14-15-16-17-18-19-20-21-22(23)24;2*1-4-5(2)3;1-3-5-4-2;1-3-4-2;1-3-2;1-2/h9-10H,2-8,11-21H2,1H3,(H,23,24);4H,1-3H3;4-5H,1H2,2-3H3;3H,1,4-5H2,2H3;3H,1,4H2,2H3;3H,1H2,2H3;1-2H2/b10-9-;;;;;;. The Balaban J connectivity index is -0.000000112. The highest BCUT2D eigenvalue weighted by Crippen LogP contribution is 2.12. The van der Waals surface area contributed by atoms with E-state index in [9.17, 15) is 4.79 Å². The van der Waals surface area contributed by atoms with Gasteiger partial charge in [0, 0.05) is 6.42 Å². The van der Waals surface area contributed by atoms with Crippen LogP contribution in [0.1, 0.15) is 197 Å². The lowest BCUT2D eigenvalue weighted by Gasteiger charge is -2.01. The van der Waals surface area contributed by atoms with Gasteiger partial charge in [0.25, 0.3) is 0 Å². The lowest BCUT2D eigenvalue weighted by Crippen LogP contribution is -1.93. The third-order valence-corrected chi connectivity index (χ3v) is 6.48. The molecule has 0 aliphatic heterocycles. The fourth-order valence-electron chi connectivity index (χ4n) is 3.26. The second-order valence-corrected chi connectivity index (χ2v) is 12.2. The van der Waals surface area contributed by atoms with Crippen molar-refractivity contribution in [2.75, 3.05) is 0 Å². The van der Waals surface area contributed by atoms with E-state index in [0.29, 0.717) is 12.3 Å². The zero-order chi connectivity index (χ0) is 38.5. The lowest BCUT2D eigenvalue weighted by atomic mass is 10.1. The Labute approximate surface area is 305 Å². The van der Waals surface area contributed by atoms with E-state index in [4.69, 9.17) is 5.11 Å². The minimum Gasteiger partial charge on any atom is -0.481 e. The SMILES string of the molecule is C=C.C=CC.C=CC(C)C.C=CCC.C=CCCC.CC=C(C)C.CCCCCCCC/C=C\CCCCCCCCCCCC(=O)O. The highest BCUT2D eigenvalue weighted by atomic mass is 16.4. The molecule has 0 aromatic rings. The molecule has 0 aliphatic carbocycles.